The number of hydrogen-bond acceptors (Lipinski definition) is 2. The summed E-state index contributed by atoms with van der Waals surface area (Å²) < 4.78 is 42.2. The van der Waals surface area contributed by atoms with E-state index in [9.17, 15) is 18.0 Å². The van der Waals surface area contributed by atoms with Crippen LogP contribution in [0.5, 0.6) is 0 Å². The second kappa shape index (κ2) is 7.43. The van der Waals surface area contributed by atoms with Gasteiger partial charge < -0.3 is 5.32 Å². The van der Waals surface area contributed by atoms with E-state index >= 15 is 0 Å². The van der Waals surface area contributed by atoms with Crippen molar-refractivity contribution in [2.75, 3.05) is 5.32 Å². The minimum Gasteiger partial charge on any atom is -0.310 e. The zero-order valence-electron chi connectivity index (χ0n) is 14.0. The highest BCUT2D eigenvalue weighted by molar-refractivity contribution is 5.92. The Hall–Kier alpha value is -3.09. The number of benzene rings is 2. The van der Waals surface area contributed by atoms with Crippen LogP contribution >= 0.6 is 0 Å². The molecule has 0 spiro atoms. The zero-order chi connectivity index (χ0) is 18.7. The lowest BCUT2D eigenvalue weighted by atomic mass is 10.1. The molecular weight excluding hydrogens is 343 g/mol. The van der Waals surface area contributed by atoms with E-state index in [1.807, 2.05) is 0 Å². The molecule has 1 N–H and O–H groups in total. The minimum atomic E-state index is -0.566. The molecule has 1 aromatic heterocycles. The standard InChI is InChI=1S/C19H16F3N3O/c1-12-10-23-25(11-14-8-15(20)6-7-17(14)22)19(12)24-18(26)9-13-4-2-3-5-16(13)21/h2-8,10H,9,11H2,1H3,(H,24,26). The van der Waals surface area contributed by atoms with Crippen LogP contribution in [0.2, 0.25) is 0 Å². The first-order valence-corrected chi connectivity index (χ1v) is 7.93. The molecule has 2 aromatic carbocycles. The molecule has 0 saturated carbocycles. The van der Waals surface area contributed by atoms with Crippen LogP contribution < -0.4 is 5.32 Å². The highest BCUT2D eigenvalue weighted by Crippen LogP contribution is 2.19. The van der Waals surface area contributed by atoms with Crippen LogP contribution in [0.15, 0.2) is 48.7 Å². The van der Waals surface area contributed by atoms with Crippen molar-refractivity contribution in [3.8, 4) is 0 Å². The van der Waals surface area contributed by atoms with Gasteiger partial charge in [0.2, 0.25) is 5.91 Å². The van der Waals surface area contributed by atoms with Gasteiger partial charge in [0.05, 0.1) is 19.2 Å². The molecule has 4 nitrogen and oxygen atoms in total. The van der Waals surface area contributed by atoms with E-state index in [1.165, 1.54) is 23.0 Å². The summed E-state index contributed by atoms with van der Waals surface area (Å²) in [5, 5.41) is 6.77. The molecule has 0 atom stereocenters. The van der Waals surface area contributed by atoms with E-state index in [0.29, 0.717) is 11.4 Å². The highest BCUT2D eigenvalue weighted by atomic mass is 19.1. The van der Waals surface area contributed by atoms with Crippen LogP contribution in [0.25, 0.3) is 0 Å². The Bertz CT molecular complexity index is 953. The van der Waals surface area contributed by atoms with Crippen molar-refractivity contribution >= 4 is 11.7 Å². The van der Waals surface area contributed by atoms with E-state index in [2.05, 4.69) is 10.4 Å². The van der Waals surface area contributed by atoms with Gasteiger partial charge in [-0.1, -0.05) is 18.2 Å². The smallest absolute Gasteiger partial charge is 0.230 e. The van der Waals surface area contributed by atoms with Crippen molar-refractivity contribution in [3.05, 3.63) is 82.8 Å². The van der Waals surface area contributed by atoms with Gasteiger partial charge in [-0.05, 0) is 36.8 Å². The summed E-state index contributed by atoms with van der Waals surface area (Å²) in [7, 11) is 0. The van der Waals surface area contributed by atoms with E-state index in [0.717, 1.165) is 18.2 Å². The van der Waals surface area contributed by atoms with E-state index in [-0.39, 0.29) is 24.1 Å². The van der Waals surface area contributed by atoms with Crippen molar-refractivity contribution in [3.63, 3.8) is 0 Å². The second-order valence-corrected chi connectivity index (χ2v) is 5.89. The molecule has 3 aromatic rings. The second-order valence-electron chi connectivity index (χ2n) is 5.89. The summed E-state index contributed by atoms with van der Waals surface area (Å²) >= 11 is 0. The third-order valence-corrected chi connectivity index (χ3v) is 3.92. The highest BCUT2D eigenvalue weighted by Gasteiger charge is 2.15. The van der Waals surface area contributed by atoms with Crippen LogP contribution in [0, 0.1) is 24.4 Å². The Morgan fingerprint density at radius 1 is 1.08 bits per heavy atom. The first kappa shape index (κ1) is 17.7. The summed E-state index contributed by atoms with van der Waals surface area (Å²) in [6.45, 7) is 1.68. The Morgan fingerprint density at radius 3 is 2.58 bits per heavy atom. The number of aryl methyl sites for hydroxylation is 1. The lowest BCUT2D eigenvalue weighted by Gasteiger charge is -2.11. The molecule has 7 heteroatoms. The number of anilines is 1. The van der Waals surface area contributed by atoms with E-state index in [1.54, 1.807) is 19.1 Å². The van der Waals surface area contributed by atoms with Gasteiger partial charge >= 0.3 is 0 Å². The molecule has 134 valence electrons. The van der Waals surface area contributed by atoms with Crippen LogP contribution in [-0.2, 0) is 17.8 Å². The Labute approximate surface area is 148 Å². The molecule has 0 aliphatic rings. The maximum absolute atomic E-state index is 13.9. The molecule has 0 bridgehead atoms. The lowest BCUT2D eigenvalue weighted by Crippen LogP contribution is -2.19. The molecular formula is C19H16F3N3O. The molecule has 1 heterocycles. The summed E-state index contributed by atoms with van der Waals surface area (Å²) in [5.74, 6) is -1.66. The summed E-state index contributed by atoms with van der Waals surface area (Å²) in [6.07, 6.45) is 1.36. The Morgan fingerprint density at radius 2 is 1.81 bits per heavy atom. The number of hydrogen-bond donors (Lipinski definition) is 1. The maximum atomic E-state index is 13.9. The average molecular weight is 359 g/mol. The molecule has 1 amide bonds. The van der Waals surface area contributed by atoms with Gasteiger partial charge in [0.1, 0.15) is 23.3 Å². The number of amides is 1. The maximum Gasteiger partial charge on any atom is 0.230 e. The number of rotatable bonds is 5. The van der Waals surface area contributed by atoms with Gasteiger partial charge in [-0.3, -0.25) is 4.79 Å². The molecule has 0 aliphatic carbocycles. The van der Waals surface area contributed by atoms with Crippen LogP contribution in [0.3, 0.4) is 0 Å². The van der Waals surface area contributed by atoms with Crippen molar-refractivity contribution in [2.45, 2.75) is 19.9 Å². The predicted octanol–water partition coefficient (Wildman–Crippen LogP) is 3.84. The molecule has 26 heavy (non-hydrogen) atoms. The van der Waals surface area contributed by atoms with Crippen molar-refractivity contribution in [2.24, 2.45) is 0 Å². The van der Waals surface area contributed by atoms with Crippen LogP contribution in [-0.4, -0.2) is 15.7 Å². The molecule has 3 rings (SSSR count). The van der Waals surface area contributed by atoms with Crippen molar-refractivity contribution in [1.29, 1.82) is 0 Å². The van der Waals surface area contributed by atoms with Gasteiger partial charge in [0.15, 0.2) is 0 Å². The first-order valence-electron chi connectivity index (χ1n) is 7.93. The van der Waals surface area contributed by atoms with Crippen molar-refractivity contribution < 1.29 is 18.0 Å². The number of nitrogens with one attached hydrogen (secondary N) is 1. The van der Waals surface area contributed by atoms with E-state index in [4.69, 9.17) is 0 Å². The molecule has 0 radical (unpaired) electrons. The van der Waals surface area contributed by atoms with Crippen molar-refractivity contribution in [1.82, 2.24) is 9.78 Å². The normalized spacial score (nSPS) is 10.8. The fourth-order valence-electron chi connectivity index (χ4n) is 2.58. The van der Waals surface area contributed by atoms with Gasteiger partial charge in [-0.2, -0.15) is 5.10 Å². The quantitative estimate of drug-likeness (QED) is 0.752. The Balaban J connectivity index is 1.78. The SMILES string of the molecule is Cc1cnn(Cc2cc(F)ccc2F)c1NC(=O)Cc1ccccc1F. The minimum absolute atomic E-state index is 0.0489. The summed E-state index contributed by atoms with van der Waals surface area (Å²) in [6, 6.07) is 9.16. The van der Waals surface area contributed by atoms with Gasteiger partial charge in [0.25, 0.3) is 0 Å². The fraction of sp³-hybridized carbons (Fsp3) is 0.158. The third kappa shape index (κ3) is 3.93. The first-order chi connectivity index (χ1) is 12.4. The van der Waals surface area contributed by atoms with Gasteiger partial charge in [-0.25, -0.2) is 17.9 Å². The number of carbonyl (C=O) groups excluding carboxylic acids is 1. The third-order valence-electron chi connectivity index (χ3n) is 3.92. The Kier molecular flexibility index (Phi) is 5.06. The fourth-order valence-corrected chi connectivity index (χ4v) is 2.58. The topological polar surface area (TPSA) is 46.9 Å². The monoisotopic (exact) mass is 359 g/mol. The average Bonchev–Trinajstić information content (AvgIpc) is 2.93. The molecule has 0 unspecified atom stereocenters. The van der Waals surface area contributed by atoms with Crippen LogP contribution in [0.1, 0.15) is 16.7 Å². The van der Waals surface area contributed by atoms with Crippen LogP contribution in [0.4, 0.5) is 19.0 Å². The number of halogens is 3. The molecule has 0 saturated heterocycles. The zero-order valence-corrected chi connectivity index (χ0v) is 14.0. The molecule has 0 fully saturated rings. The van der Waals surface area contributed by atoms with E-state index < -0.39 is 23.4 Å². The summed E-state index contributed by atoms with van der Waals surface area (Å²) in [4.78, 5) is 12.3. The number of aromatic nitrogens is 2. The van der Waals surface area contributed by atoms with Gasteiger partial charge in [-0.15, -0.1) is 0 Å². The largest absolute Gasteiger partial charge is 0.310 e. The number of nitrogens with zero attached hydrogens (tertiary/aromatic N) is 2. The molecule has 0 aliphatic heterocycles. The predicted molar refractivity (Wildman–Crippen MR) is 91.2 cm³/mol. The lowest BCUT2D eigenvalue weighted by molar-refractivity contribution is -0.115. The summed E-state index contributed by atoms with van der Waals surface area (Å²) in [5.41, 5.74) is 1.03. The number of carbonyl (C=O) groups is 1. The van der Waals surface area contributed by atoms with Gasteiger partial charge in [0, 0.05) is 11.1 Å².